The van der Waals surface area contributed by atoms with Gasteiger partial charge in [-0.15, -0.1) is 0 Å². The summed E-state index contributed by atoms with van der Waals surface area (Å²) in [4.78, 5) is 10.8. The van der Waals surface area contributed by atoms with Crippen LogP contribution in [0, 0.1) is 5.92 Å². The Morgan fingerprint density at radius 2 is 1.26 bits per heavy atom. The van der Waals surface area contributed by atoms with Gasteiger partial charge in [0.25, 0.3) is 0 Å². The molecule has 2 atom stereocenters. The van der Waals surface area contributed by atoms with Crippen molar-refractivity contribution in [2.45, 2.75) is 84.0 Å². The van der Waals surface area contributed by atoms with E-state index in [1.54, 1.807) is 0 Å². The summed E-state index contributed by atoms with van der Waals surface area (Å²) in [7, 11) is 0. The maximum Gasteiger partial charge on any atom is 0.332 e. The Bertz CT molecular complexity index is 607. The molecule has 202 valence electrons. The predicted molar refractivity (Wildman–Crippen MR) is 144 cm³/mol. The zero-order chi connectivity index (χ0) is 26.6. The predicted octanol–water partition coefficient (Wildman–Crippen LogP) is 4.65. The van der Waals surface area contributed by atoms with Crippen LogP contribution in [0.2, 0.25) is 0 Å². The van der Waals surface area contributed by atoms with E-state index in [0.717, 1.165) is 51.4 Å². The minimum Gasteiger partial charge on any atom is -0.479 e. The molecule has 2 unspecified atom stereocenters. The van der Waals surface area contributed by atoms with Gasteiger partial charge >= 0.3 is 5.97 Å². The van der Waals surface area contributed by atoms with Crippen LogP contribution in [0.1, 0.15) is 71.6 Å². The van der Waals surface area contributed by atoms with Crippen molar-refractivity contribution in [1.29, 1.82) is 0 Å². The Balaban J connectivity index is 0. The SMILES string of the molecule is CC/C=C\C/C=C\C/C=C\C/C=C\C/C=C\CCCCOC(CC)C(=O)O.NC(O)C(CO)CO. The van der Waals surface area contributed by atoms with Gasteiger partial charge in [-0.3, -0.25) is 0 Å². The molecule has 0 aliphatic carbocycles. The van der Waals surface area contributed by atoms with Crippen LogP contribution in [-0.4, -0.2) is 58.5 Å². The van der Waals surface area contributed by atoms with E-state index in [1.165, 1.54) is 0 Å². The number of nitrogens with two attached hydrogens (primary N) is 1. The number of hydrogen-bond acceptors (Lipinski definition) is 6. The fraction of sp³-hybridized carbons (Fsp3) is 0.607. The van der Waals surface area contributed by atoms with Crippen LogP contribution in [0.25, 0.3) is 0 Å². The number of carbonyl (C=O) groups is 1. The van der Waals surface area contributed by atoms with Crippen molar-refractivity contribution in [3.05, 3.63) is 60.8 Å². The van der Waals surface area contributed by atoms with Gasteiger partial charge in [0.1, 0.15) is 6.23 Å². The maximum atomic E-state index is 10.8. The number of carboxylic acid groups (broad SMARTS) is 1. The number of aliphatic hydroxyl groups is 3. The van der Waals surface area contributed by atoms with Gasteiger partial charge in [0, 0.05) is 12.5 Å². The highest BCUT2D eigenvalue weighted by Gasteiger charge is 2.14. The van der Waals surface area contributed by atoms with Crippen molar-refractivity contribution in [2.75, 3.05) is 19.8 Å². The number of rotatable bonds is 20. The van der Waals surface area contributed by atoms with Crippen LogP contribution in [-0.2, 0) is 9.53 Å². The van der Waals surface area contributed by atoms with Crippen LogP contribution >= 0.6 is 0 Å². The molecule has 0 saturated carbocycles. The van der Waals surface area contributed by atoms with Crippen molar-refractivity contribution in [2.24, 2.45) is 11.7 Å². The minimum absolute atomic E-state index is 0.284. The summed E-state index contributed by atoms with van der Waals surface area (Å²) in [6.45, 7) is 3.93. The topological polar surface area (TPSA) is 133 Å². The van der Waals surface area contributed by atoms with E-state index in [-0.39, 0.29) is 13.2 Å². The quantitative estimate of drug-likeness (QED) is 0.0943. The Hall–Kier alpha value is -2.03. The molecule has 0 radical (unpaired) electrons. The molecule has 0 spiro atoms. The number of ether oxygens (including phenoxy) is 1. The first kappa shape index (κ1) is 35.1. The smallest absolute Gasteiger partial charge is 0.332 e. The van der Waals surface area contributed by atoms with Gasteiger partial charge in [-0.05, 0) is 57.8 Å². The van der Waals surface area contributed by atoms with Crippen LogP contribution in [0.5, 0.6) is 0 Å². The van der Waals surface area contributed by atoms with Gasteiger partial charge in [-0.1, -0.05) is 74.6 Å². The molecule has 7 nitrogen and oxygen atoms in total. The van der Waals surface area contributed by atoms with E-state index >= 15 is 0 Å². The second-order valence-corrected chi connectivity index (χ2v) is 7.93. The number of allylic oxidation sites excluding steroid dienone is 10. The first-order chi connectivity index (χ1) is 16.9. The zero-order valence-corrected chi connectivity index (χ0v) is 21.7. The molecule has 0 aliphatic heterocycles. The molecule has 0 fully saturated rings. The third kappa shape index (κ3) is 26.4. The van der Waals surface area contributed by atoms with Crippen molar-refractivity contribution in [3.63, 3.8) is 0 Å². The van der Waals surface area contributed by atoms with Gasteiger partial charge in [0.2, 0.25) is 0 Å². The lowest BCUT2D eigenvalue weighted by atomic mass is 10.1. The molecule has 7 heteroatoms. The first-order valence-corrected chi connectivity index (χ1v) is 12.7. The van der Waals surface area contributed by atoms with Gasteiger partial charge in [0.15, 0.2) is 6.10 Å². The maximum absolute atomic E-state index is 10.8. The minimum atomic E-state index is -1.12. The molecule has 0 aromatic carbocycles. The summed E-state index contributed by atoms with van der Waals surface area (Å²) in [5.41, 5.74) is 4.89. The standard InChI is InChI=1S/C24H38O3.C4H11NO3/c1-3-5-6-7-8-9-10-11-12-13-14-15-16-17-18-19-20-21-22-27-23(4-2)24(25)26;5-4(8)3(1-6)2-7/h5-6,8-9,11-12,14-15,17-18,23H,3-4,7,10,13,16,19-22H2,1-2H3,(H,25,26);3-4,6-8H,1-2,5H2/b6-5-,9-8-,12-11-,15-14-,18-17-;. The van der Waals surface area contributed by atoms with E-state index < -0.39 is 24.2 Å². The van der Waals surface area contributed by atoms with Gasteiger partial charge < -0.3 is 30.9 Å². The van der Waals surface area contributed by atoms with Crippen LogP contribution in [0.3, 0.4) is 0 Å². The highest BCUT2D eigenvalue weighted by molar-refractivity contribution is 5.72. The summed E-state index contributed by atoms with van der Waals surface area (Å²) in [5.74, 6) is -1.47. The lowest BCUT2D eigenvalue weighted by molar-refractivity contribution is -0.150. The lowest BCUT2D eigenvalue weighted by Crippen LogP contribution is -2.34. The largest absolute Gasteiger partial charge is 0.479 e. The third-order valence-electron chi connectivity index (χ3n) is 4.84. The molecule has 0 amide bonds. The second-order valence-electron chi connectivity index (χ2n) is 7.93. The molecule has 0 bridgehead atoms. The van der Waals surface area contributed by atoms with Gasteiger partial charge in [0.05, 0.1) is 13.2 Å². The van der Waals surface area contributed by atoms with E-state index in [2.05, 4.69) is 67.7 Å². The molecule has 0 saturated heterocycles. The second kappa shape index (κ2) is 28.2. The number of hydrogen-bond donors (Lipinski definition) is 5. The van der Waals surface area contributed by atoms with Gasteiger partial charge in [-0.25, -0.2) is 4.79 Å². The summed E-state index contributed by atoms with van der Waals surface area (Å²) in [6, 6.07) is 0. The highest BCUT2D eigenvalue weighted by atomic mass is 16.5. The molecule has 6 N–H and O–H groups in total. The number of unbranched alkanes of at least 4 members (excludes halogenated alkanes) is 2. The molecule has 0 aromatic heterocycles. The Labute approximate surface area is 212 Å². The summed E-state index contributed by atoms with van der Waals surface area (Å²) in [6.07, 6.45) is 28.7. The molecule has 0 aliphatic rings. The Morgan fingerprint density at radius 1 is 0.800 bits per heavy atom. The van der Waals surface area contributed by atoms with E-state index in [9.17, 15) is 4.79 Å². The molecular weight excluding hydrogens is 446 g/mol. The van der Waals surface area contributed by atoms with Crippen LogP contribution in [0.15, 0.2) is 60.8 Å². The average Bonchev–Trinajstić information content (AvgIpc) is 2.83. The number of aliphatic hydroxyl groups excluding tert-OH is 3. The monoisotopic (exact) mass is 495 g/mol. The average molecular weight is 496 g/mol. The molecule has 35 heavy (non-hydrogen) atoms. The van der Waals surface area contributed by atoms with Crippen LogP contribution in [0.4, 0.5) is 0 Å². The number of carboxylic acids is 1. The van der Waals surface area contributed by atoms with E-state index in [4.69, 9.17) is 30.9 Å². The Kier molecular flexibility index (Phi) is 28.3. The summed E-state index contributed by atoms with van der Waals surface area (Å²) in [5, 5.41) is 33.9. The fourth-order valence-electron chi connectivity index (χ4n) is 2.60. The van der Waals surface area contributed by atoms with E-state index in [0.29, 0.717) is 13.0 Å². The van der Waals surface area contributed by atoms with Crippen molar-refractivity contribution >= 4 is 5.97 Å². The fourth-order valence-corrected chi connectivity index (χ4v) is 2.60. The third-order valence-corrected chi connectivity index (χ3v) is 4.84. The zero-order valence-electron chi connectivity index (χ0n) is 21.7. The van der Waals surface area contributed by atoms with Crippen molar-refractivity contribution in [3.8, 4) is 0 Å². The number of aliphatic carboxylic acids is 1. The lowest BCUT2D eigenvalue weighted by Gasteiger charge is -2.12. The highest BCUT2D eigenvalue weighted by Crippen LogP contribution is 2.03. The first-order valence-electron chi connectivity index (χ1n) is 12.7. The molecule has 0 heterocycles. The normalized spacial score (nSPS) is 14.0. The summed E-state index contributed by atoms with van der Waals surface area (Å²) >= 11 is 0. The van der Waals surface area contributed by atoms with Crippen LogP contribution < -0.4 is 5.73 Å². The molecular formula is C28H49NO6. The van der Waals surface area contributed by atoms with Crippen molar-refractivity contribution < 1.29 is 30.0 Å². The van der Waals surface area contributed by atoms with Gasteiger partial charge in [-0.2, -0.15) is 0 Å². The van der Waals surface area contributed by atoms with E-state index in [1.807, 2.05) is 6.92 Å². The van der Waals surface area contributed by atoms with Crippen molar-refractivity contribution in [1.82, 2.24) is 0 Å². The molecule has 0 aromatic rings. The Morgan fingerprint density at radius 3 is 1.60 bits per heavy atom. The molecule has 0 rings (SSSR count). The summed E-state index contributed by atoms with van der Waals surface area (Å²) < 4.78 is 5.33.